The maximum absolute atomic E-state index is 5.52. The Morgan fingerprint density at radius 3 is 2.31 bits per heavy atom. The molecule has 0 fully saturated rings. The van der Waals surface area contributed by atoms with Gasteiger partial charge in [0.05, 0.1) is 12.5 Å². The lowest BCUT2D eigenvalue weighted by atomic mass is 10.3. The molecular formula is C10H13ClO2. The summed E-state index contributed by atoms with van der Waals surface area (Å²) in [7, 11) is 0. The number of hydrogen-bond acceptors (Lipinski definition) is 2. The third-order valence-corrected chi connectivity index (χ3v) is 1.64. The van der Waals surface area contributed by atoms with Gasteiger partial charge in [-0.1, -0.05) is 12.1 Å². The van der Waals surface area contributed by atoms with Crippen LogP contribution in [0.1, 0.15) is 6.92 Å². The molecule has 0 aromatic heterocycles. The first-order valence-electron chi connectivity index (χ1n) is 4.29. The van der Waals surface area contributed by atoms with Crippen LogP contribution >= 0.6 is 11.6 Å². The molecule has 1 aromatic rings. The van der Waals surface area contributed by atoms with Gasteiger partial charge in [-0.2, -0.15) is 0 Å². The van der Waals surface area contributed by atoms with E-state index in [0.29, 0.717) is 19.1 Å². The van der Waals surface area contributed by atoms with Gasteiger partial charge >= 0.3 is 0 Å². The minimum absolute atomic E-state index is 0.487. The topological polar surface area (TPSA) is 18.5 Å². The fraction of sp³-hybridized carbons (Fsp3) is 0.400. The molecular weight excluding hydrogens is 188 g/mol. The van der Waals surface area contributed by atoms with Crippen LogP contribution in [0.15, 0.2) is 24.3 Å². The smallest absolute Gasteiger partial charge is 0.161 e. The lowest BCUT2D eigenvalue weighted by Gasteiger charge is -2.09. The van der Waals surface area contributed by atoms with E-state index in [1.54, 1.807) is 0 Å². The third-order valence-electron chi connectivity index (χ3n) is 1.48. The first kappa shape index (κ1) is 10.2. The Balaban J connectivity index is 2.66. The molecule has 0 aliphatic rings. The molecule has 0 bridgehead atoms. The standard InChI is InChI=1S/C10H13ClO2/c1-2-12-9-5-3-4-6-10(9)13-8-7-11/h3-6H,2,7-8H2,1H3. The SMILES string of the molecule is CCOc1ccccc1OCCCl. The summed E-state index contributed by atoms with van der Waals surface area (Å²) in [6.45, 7) is 3.09. The quantitative estimate of drug-likeness (QED) is 0.681. The summed E-state index contributed by atoms with van der Waals surface area (Å²) in [6, 6.07) is 7.58. The van der Waals surface area contributed by atoms with Crippen molar-refractivity contribution in [3.63, 3.8) is 0 Å². The maximum atomic E-state index is 5.52. The van der Waals surface area contributed by atoms with Crippen LogP contribution in [0.25, 0.3) is 0 Å². The van der Waals surface area contributed by atoms with Gasteiger partial charge in [0.15, 0.2) is 11.5 Å². The average molecular weight is 201 g/mol. The first-order chi connectivity index (χ1) is 6.38. The molecule has 1 rings (SSSR count). The highest BCUT2D eigenvalue weighted by molar-refractivity contribution is 6.18. The Kier molecular flexibility index (Phi) is 4.47. The average Bonchev–Trinajstić information content (AvgIpc) is 2.17. The Bertz CT molecular complexity index is 250. The third kappa shape index (κ3) is 3.15. The highest BCUT2D eigenvalue weighted by atomic mass is 35.5. The van der Waals surface area contributed by atoms with Gasteiger partial charge in [-0.15, -0.1) is 11.6 Å². The molecule has 0 radical (unpaired) electrons. The molecule has 0 unspecified atom stereocenters. The second kappa shape index (κ2) is 5.70. The van der Waals surface area contributed by atoms with Crippen molar-refractivity contribution in [2.45, 2.75) is 6.92 Å². The highest BCUT2D eigenvalue weighted by Crippen LogP contribution is 2.26. The molecule has 72 valence electrons. The molecule has 13 heavy (non-hydrogen) atoms. The molecule has 0 aliphatic carbocycles. The molecule has 0 N–H and O–H groups in total. The van der Waals surface area contributed by atoms with E-state index in [0.717, 1.165) is 11.5 Å². The lowest BCUT2D eigenvalue weighted by molar-refractivity contribution is 0.289. The van der Waals surface area contributed by atoms with E-state index in [9.17, 15) is 0 Å². The molecule has 0 aliphatic heterocycles. The van der Waals surface area contributed by atoms with Crippen molar-refractivity contribution in [2.24, 2.45) is 0 Å². The molecule has 0 saturated heterocycles. The van der Waals surface area contributed by atoms with Crippen LogP contribution in [0.3, 0.4) is 0 Å². The fourth-order valence-electron chi connectivity index (χ4n) is 0.993. The summed E-state index contributed by atoms with van der Waals surface area (Å²) in [4.78, 5) is 0. The summed E-state index contributed by atoms with van der Waals surface area (Å²) in [5.41, 5.74) is 0. The second-order valence-electron chi connectivity index (χ2n) is 2.42. The molecule has 0 spiro atoms. The van der Waals surface area contributed by atoms with E-state index < -0.39 is 0 Å². The molecule has 0 heterocycles. The summed E-state index contributed by atoms with van der Waals surface area (Å²) in [6.07, 6.45) is 0. The van der Waals surface area contributed by atoms with E-state index in [-0.39, 0.29) is 0 Å². The first-order valence-corrected chi connectivity index (χ1v) is 4.82. The van der Waals surface area contributed by atoms with Crippen LogP contribution in [-0.4, -0.2) is 19.1 Å². The van der Waals surface area contributed by atoms with E-state index in [2.05, 4.69) is 0 Å². The Morgan fingerprint density at radius 1 is 1.15 bits per heavy atom. The number of ether oxygens (including phenoxy) is 2. The van der Waals surface area contributed by atoms with Crippen LogP contribution < -0.4 is 9.47 Å². The monoisotopic (exact) mass is 200 g/mol. The predicted molar refractivity (Wildman–Crippen MR) is 53.8 cm³/mol. The van der Waals surface area contributed by atoms with Crippen LogP contribution in [0.2, 0.25) is 0 Å². The van der Waals surface area contributed by atoms with E-state index in [1.807, 2.05) is 31.2 Å². The number of rotatable bonds is 5. The summed E-state index contributed by atoms with van der Waals surface area (Å²) in [5.74, 6) is 2.01. The van der Waals surface area contributed by atoms with Gasteiger partial charge in [0, 0.05) is 0 Å². The van der Waals surface area contributed by atoms with Crippen molar-refractivity contribution < 1.29 is 9.47 Å². The van der Waals surface area contributed by atoms with Crippen LogP contribution in [0.4, 0.5) is 0 Å². The van der Waals surface area contributed by atoms with Crippen molar-refractivity contribution >= 4 is 11.6 Å². The van der Waals surface area contributed by atoms with Gasteiger partial charge in [0.25, 0.3) is 0 Å². The number of alkyl halides is 1. The van der Waals surface area contributed by atoms with Gasteiger partial charge in [0.2, 0.25) is 0 Å². The van der Waals surface area contributed by atoms with Gasteiger partial charge in [-0.3, -0.25) is 0 Å². The van der Waals surface area contributed by atoms with Crippen molar-refractivity contribution in [2.75, 3.05) is 19.1 Å². The van der Waals surface area contributed by atoms with Gasteiger partial charge in [0.1, 0.15) is 6.61 Å². The van der Waals surface area contributed by atoms with Crippen LogP contribution in [0, 0.1) is 0 Å². The normalized spacial score (nSPS) is 9.69. The summed E-state index contributed by atoms with van der Waals surface area (Å²) < 4.78 is 10.7. The molecule has 0 saturated carbocycles. The van der Waals surface area contributed by atoms with Gasteiger partial charge < -0.3 is 9.47 Å². The zero-order chi connectivity index (χ0) is 9.52. The number of benzene rings is 1. The number of hydrogen-bond donors (Lipinski definition) is 0. The van der Waals surface area contributed by atoms with Crippen molar-refractivity contribution in [3.8, 4) is 11.5 Å². The Labute approximate surface area is 83.4 Å². The van der Waals surface area contributed by atoms with Gasteiger partial charge in [-0.25, -0.2) is 0 Å². The number of halogens is 1. The lowest BCUT2D eigenvalue weighted by Crippen LogP contribution is -2.01. The fourth-order valence-corrected chi connectivity index (χ4v) is 1.07. The molecule has 1 aromatic carbocycles. The zero-order valence-electron chi connectivity index (χ0n) is 7.63. The summed E-state index contributed by atoms with van der Waals surface area (Å²) >= 11 is 5.52. The van der Waals surface area contributed by atoms with E-state index in [1.165, 1.54) is 0 Å². The molecule has 0 amide bonds. The van der Waals surface area contributed by atoms with Crippen molar-refractivity contribution in [1.82, 2.24) is 0 Å². The molecule has 2 nitrogen and oxygen atoms in total. The predicted octanol–water partition coefficient (Wildman–Crippen LogP) is 2.70. The van der Waals surface area contributed by atoms with Crippen molar-refractivity contribution in [1.29, 1.82) is 0 Å². The largest absolute Gasteiger partial charge is 0.490 e. The van der Waals surface area contributed by atoms with Crippen molar-refractivity contribution in [3.05, 3.63) is 24.3 Å². The number of para-hydroxylation sites is 2. The molecule has 3 heteroatoms. The Morgan fingerprint density at radius 2 is 1.77 bits per heavy atom. The molecule has 0 atom stereocenters. The van der Waals surface area contributed by atoms with Crippen LogP contribution in [0.5, 0.6) is 11.5 Å². The Hall–Kier alpha value is -0.890. The maximum Gasteiger partial charge on any atom is 0.161 e. The summed E-state index contributed by atoms with van der Waals surface area (Å²) in [5, 5.41) is 0. The van der Waals surface area contributed by atoms with E-state index in [4.69, 9.17) is 21.1 Å². The van der Waals surface area contributed by atoms with Crippen LogP contribution in [-0.2, 0) is 0 Å². The minimum Gasteiger partial charge on any atom is -0.490 e. The zero-order valence-corrected chi connectivity index (χ0v) is 8.38. The second-order valence-corrected chi connectivity index (χ2v) is 2.80. The van der Waals surface area contributed by atoms with Gasteiger partial charge in [-0.05, 0) is 19.1 Å². The highest BCUT2D eigenvalue weighted by Gasteiger charge is 2.01. The van der Waals surface area contributed by atoms with E-state index >= 15 is 0 Å². The minimum atomic E-state index is 0.487.